The van der Waals surface area contributed by atoms with E-state index in [1.165, 1.54) is 31.2 Å². The molecule has 0 bridgehead atoms. The van der Waals surface area contributed by atoms with E-state index < -0.39 is 31.8 Å². The number of sulfone groups is 1. The molecule has 0 amide bonds. The number of hydrogen-bond donors (Lipinski definition) is 2. The first-order chi connectivity index (χ1) is 14.0. The minimum Gasteiger partial charge on any atom is -0.396 e. The molecule has 168 valence electrons. The van der Waals surface area contributed by atoms with Crippen LogP contribution in [0.3, 0.4) is 0 Å². The number of aliphatic hydroxyl groups excluding tert-OH is 1. The summed E-state index contributed by atoms with van der Waals surface area (Å²) in [5.41, 5.74) is -2.55. The highest BCUT2D eigenvalue weighted by atomic mass is 32.2. The second kappa shape index (κ2) is 9.93. The zero-order valence-electron chi connectivity index (χ0n) is 17.3. The molecule has 1 atom stereocenters. The summed E-state index contributed by atoms with van der Waals surface area (Å²) in [5, 5.41) is 24.3. The number of halogens is 2. The van der Waals surface area contributed by atoms with Crippen LogP contribution in [0.5, 0.6) is 0 Å². The fraction of sp³-hybridized carbons (Fsp3) is 0.600. The molecule has 2 rings (SSSR count). The highest BCUT2D eigenvalue weighted by molar-refractivity contribution is 7.92. The average molecular weight is 446 g/mol. The fourth-order valence-corrected chi connectivity index (χ4v) is 5.20. The summed E-state index contributed by atoms with van der Waals surface area (Å²) >= 11 is 0. The van der Waals surface area contributed by atoms with Gasteiger partial charge < -0.3 is 10.2 Å². The average Bonchev–Trinajstić information content (AvgIpc) is 3.16. The molecule has 30 heavy (non-hydrogen) atoms. The number of rotatable bonds is 12. The Bertz CT molecular complexity index is 920. The Balaban J connectivity index is 2.35. The van der Waals surface area contributed by atoms with Gasteiger partial charge in [0.25, 0.3) is 0 Å². The summed E-state index contributed by atoms with van der Waals surface area (Å²) in [4.78, 5) is 3.79. The Kier molecular flexibility index (Phi) is 8.06. The molecule has 0 aliphatic heterocycles. The number of benzene rings is 1. The molecule has 2 aromatic rings. The highest BCUT2D eigenvalue weighted by Crippen LogP contribution is 2.42. The first-order valence-electron chi connectivity index (χ1n) is 9.88. The van der Waals surface area contributed by atoms with Gasteiger partial charge in [0.05, 0.1) is 12.3 Å². The number of hydrogen-bond acceptors (Lipinski definition) is 6. The lowest BCUT2D eigenvalue weighted by atomic mass is 9.82. The maximum Gasteiger partial charge on any atom is 0.158 e. The van der Waals surface area contributed by atoms with E-state index in [-0.39, 0.29) is 24.5 Å². The van der Waals surface area contributed by atoms with Crippen LogP contribution in [0.4, 0.5) is 8.78 Å². The van der Waals surface area contributed by atoms with Crippen LogP contribution in [0.25, 0.3) is 0 Å². The zero-order chi connectivity index (χ0) is 22.4. The SMILES string of the molecule is CC(C)(C(O)(Cn1cncn1)c1ccc(F)cc1F)S(=O)(=O)CCCCCCCO. The molecule has 2 N–H and O–H groups in total. The maximum atomic E-state index is 14.7. The topological polar surface area (TPSA) is 105 Å². The van der Waals surface area contributed by atoms with Crippen LogP contribution in [0.2, 0.25) is 0 Å². The Morgan fingerprint density at radius 2 is 1.77 bits per heavy atom. The van der Waals surface area contributed by atoms with Gasteiger partial charge in [-0.05, 0) is 32.8 Å². The van der Waals surface area contributed by atoms with E-state index in [2.05, 4.69) is 10.1 Å². The predicted molar refractivity (Wildman–Crippen MR) is 108 cm³/mol. The zero-order valence-corrected chi connectivity index (χ0v) is 18.1. The van der Waals surface area contributed by atoms with E-state index in [0.717, 1.165) is 25.0 Å². The summed E-state index contributed by atoms with van der Waals surface area (Å²) in [6.07, 6.45) is 5.79. The third kappa shape index (κ3) is 5.22. The van der Waals surface area contributed by atoms with Crippen molar-refractivity contribution in [1.82, 2.24) is 14.8 Å². The Hall–Kier alpha value is -1.91. The number of aliphatic hydroxyl groups is 2. The minimum atomic E-state index is -3.91. The van der Waals surface area contributed by atoms with Gasteiger partial charge in [0, 0.05) is 18.2 Å². The van der Waals surface area contributed by atoms with Crippen LogP contribution in [0, 0.1) is 11.6 Å². The smallest absolute Gasteiger partial charge is 0.158 e. The lowest BCUT2D eigenvalue weighted by molar-refractivity contribution is -0.0202. The minimum absolute atomic E-state index is 0.101. The van der Waals surface area contributed by atoms with Gasteiger partial charge in [0.15, 0.2) is 9.84 Å². The van der Waals surface area contributed by atoms with Gasteiger partial charge in [-0.3, -0.25) is 0 Å². The van der Waals surface area contributed by atoms with Crippen molar-refractivity contribution in [3.63, 3.8) is 0 Å². The standard InChI is InChI=1S/C20H29F2N3O4S/c1-19(2,30(28,29)11-7-5-3-4-6-10-26)20(27,13-25-15-23-14-24-25)17-9-8-16(21)12-18(17)22/h8-9,12,14-15,26-27H,3-7,10-11,13H2,1-2H3. The molecule has 10 heteroatoms. The molecule has 0 aliphatic rings. The van der Waals surface area contributed by atoms with Gasteiger partial charge in [-0.1, -0.05) is 25.3 Å². The molecule has 0 saturated carbocycles. The molecule has 1 aromatic carbocycles. The quantitative estimate of drug-likeness (QED) is 0.487. The molecule has 1 unspecified atom stereocenters. The van der Waals surface area contributed by atoms with Crippen molar-refractivity contribution in [3.8, 4) is 0 Å². The summed E-state index contributed by atoms with van der Waals surface area (Å²) in [6.45, 7) is 2.41. The first kappa shape index (κ1) is 24.4. The second-order valence-electron chi connectivity index (χ2n) is 7.90. The monoisotopic (exact) mass is 445 g/mol. The third-order valence-corrected chi connectivity index (χ3v) is 8.30. The predicted octanol–water partition coefficient (Wildman–Crippen LogP) is 2.58. The van der Waals surface area contributed by atoms with Crippen molar-refractivity contribution < 1.29 is 27.4 Å². The third-order valence-electron chi connectivity index (χ3n) is 5.58. The van der Waals surface area contributed by atoms with Crippen LogP contribution in [-0.4, -0.2) is 50.5 Å². The molecule has 0 fully saturated rings. The van der Waals surface area contributed by atoms with Crippen molar-refractivity contribution in [3.05, 3.63) is 48.1 Å². The van der Waals surface area contributed by atoms with E-state index in [4.69, 9.17) is 5.11 Å². The summed E-state index contributed by atoms with van der Waals surface area (Å²) in [5.74, 6) is -2.06. The fourth-order valence-electron chi connectivity index (χ4n) is 3.42. The van der Waals surface area contributed by atoms with Gasteiger partial charge in [0.2, 0.25) is 0 Å². The van der Waals surface area contributed by atoms with Crippen molar-refractivity contribution >= 4 is 9.84 Å². The molecule has 1 aromatic heterocycles. The largest absolute Gasteiger partial charge is 0.396 e. The molecule has 7 nitrogen and oxygen atoms in total. The van der Waals surface area contributed by atoms with Gasteiger partial charge >= 0.3 is 0 Å². The van der Waals surface area contributed by atoms with Crippen LogP contribution in [-0.2, 0) is 22.0 Å². The van der Waals surface area contributed by atoms with Crippen LogP contribution in [0.15, 0.2) is 30.9 Å². The van der Waals surface area contributed by atoms with E-state index in [1.807, 2.05) is 0 Å². The maximum absolute atomic E-state index is 14.7. The number of unbranched alkanes of at least 4 members (excludes halogenated alkanes) is 4. The Morgan fingerprint density at radius 1 is 1.10 bits per heavy atom. The van der Waals surface area contributed by atoms with Gasteiger partial charge in [0.1, 0.15) is 34.6 Å². The van der Waals surface area contributed by atoms with Gasteiger partial charge in [-0.2, -0.15) is 5.10 Å². The Morgan fingerprint density at radius 3 is 2.37 bits per heavy atom. The molecule has 0 saturated heterocycles. The van der Waals surface area contributed by atoms with Crippen molar-refractivity contribution in [2.45, 2.75) is 62.8 Å². The molecule has 0 spiro atoms. The van der Waals surface area contributed by atoms with Crippen molar-refractivity contribution in [2.24, 2.45) is 0 Å². The first-order valence-corrected chi connectivity index (χ1v) is 11.5. The van der Waals surface area contributed by atoms with Crippen LogP contribution < -0.4 is 0 Å². The van der Waals surface area contributed by atoms with E-state index in [0.29, 0.717) is 25.3 Å². The Labute approximate surface area is 175 Å². The number of aromatic nitrogens is 3. The van der Waals surface area contributed by atoms with Crippen LogP contribution >= 0.6 is 0 Å². The van der Waals surface area contributed by atoms with Crippen LogP contribution in [0.1, 0.15) is 51.5 Å². The van der Waals surface area contributed by atoms with Crippen molar-refractivity contribution in [1.29, 1.82) is 0 Å². The molecular formula is C20H29F2N3O4S. The van der Waals surface area contributed by atoms with E-state index in [1.54, 1.807) is 0 Å². The van der Waals surface area contributed by atoms with Gasteiger partial charge in [-0.25, -0.2) is 26.9 Å². The summed E-state index contributed by atoms with van der Waals surface area (Å²) in [7, 11) is -3.91. The molecule has 0 aliphatic carbocycles. The van der Waals surface area contributed by atoms with E-state index in [9.17, 15) is 22.3 Å². The second-order valence-corrected chi connectivity index (χ2v) is 10.6. The van der Waals surface area contributed by atoms with Gasteiger partial charge in [-0.15, -0.1) is 0 Å². The van der Waals surface area contributed by atoms with E-state index >= 15 is 0 Å². The number of nitrogens with zero attached hydrogens (tertiary/aromatic N) is 3. The van der Waals surface area contributed by atoms with Crippen molar-refractivity contribution in [2.75, 3.05) is 12.4 Å². The highest BCUT2D eigenvalue weighted by Gasteiger charge is 2.54. The summed E-state index contributed by atoms with van der Waals surface area (Å²) in [6, 6.07) is 2.66. The summed E-state index contributed by atoms with van der Waals surface area (Å²) < 4.78 is 54.0. The molecule has 1 heterocycles. The normalized spacial score (nSPS) is 14.6. The lowest BCUT2D eigenvalue weighted by Gasteiger charge is -2.42. The molecular weight excluding hydrogens is 416 g/mol. The molecule has 0 radical (unpaired) electrons. The lowest BCUT2D eigenvalue weighted by Crippen LogP contribution is -2.56.